The van der Waals surface area contributed by atoms with E-state index in [1.165, 1.54) is 6.26 Å². The van der Waals surface area contributed by atoms with Crippen molar-refractivity contribution in [1.29, 1.82) is 0 Å². The van der Waals surface area contributed by atoms with Gasteiger partial charge >= 0.3 is 5.97 Å². The van der Waals surface area contributed by atoms with Crippen LogP contribution in [0.1, 0.15) is 44.9 Å². The fourth-order valence-electron chi connectivity index (χ4n) is 3.72. The Bertz CT molecular complexity index is 440. The molecule has 0 radical (unpaired) electrons. The third kappa shape index (κ3) is 3.95. The second kappa shape index (κ2) is 6.43. The number of carbonyl (C=O) groups is 1. The van der Waals surface area contributed by atoms with Gasteiger partial charge in [-0.2, -0.15) is 0 Å². The summed E-state index contributed by atoms with van der Waals surface area (Å²) in [6.45, 7) is 1.84. The van der Waals surface area contributed by atoms with E-state index in [4.69, 9.17) is 5.11 Å². The maximum absolute atomic E-state index is 11.8. The Morgan fingerprint density at radius 3 is 2.40 bits per heavy atom. The second-order valence-corrected chi connectivity index (χ2v) is 8.54. The highest BCUT2D eigenvalue weighted by atomic mass is 32.2. The quantitative estimate of drug-likeness (QED) is 0.833. The topological polar surface area (TPSA) is 74.7 Å². The van der Waals surface area contributed by atoms with Crippen LogP contribution in [0.4, 0.5) is 0 Å². The summed E-state index contributed by atoms with van der Waals surface area (Å²) in [7, 11) is -2.96. The van der Waals surface area contributed by atoms with Gasteiger partial charge in [0.05, 0.1) is 5.25 Å². The van der Waals surface area contributed by atoms with Gasteiger partial charge in [-0.3, -0.25) is 9.69 Å². The van der Waals surface area contributed by atoms with E-state index >= 15 is 0 Å². The summed E-state index contributed by atoms with van der Waals surface area (Å²) in [6, 6.07) is 0.186. The highest BCUT2D eigenvalue weighted by Crippen LogP contribution is 2.32. The summed E-state index contributed by atoms with van der Waals surface area (Å²) in [5.41, 5.74) is 0. The molecule has 1 saturated carbocycles. The zero-order chi connectivity index (χ0) is 14.8. The van der Waals surface area contributed by atoms with Gasteiger partial charge in [-0.05, 0) is 51.1 Å². The summed E-state index contributed by atoms with van der Waals surface area (Å²) in [4.78, 5) is 12.9. The molecule has 1 N–H and O–H groups in total. The molecule has 20 heavy (non-hydrogen) atoms. The molecule has 1 aliphatic heterocycles. The average Bonchev–Trinajstić information content (AvgIpc) is 2.86. The van der Waals surface area contributed by atoms with Crippen LogP contribution in [0, 0.1) is 5.92 Å². The van der Waals surface area contributed by atoms with Crippen molar-refractivity contribution in [2.45, 2.75) is 56.2 Å². The first-order chi connectivity index (χ1) is 9.38. The normalized spacial score (nSPS) is 29.6. The van der Waals surface area contributed by atoms with Gasteiger partial charge in [-0.25, -0.2) is 8.42 Å². The van der Waals surface area contributed by atoms with Crippen molar-refractivity contribution in [3.05, 3.63) is 0 Å². The van der Waals surface area contributed by atoms with Crippen LogP contribution in [0.5, 0.6) is 0 Å². The summed E-state index contributed by atoms with van der Waals surface area (Å²) >= 11 is 0. The Hall–Kier alpha value is -0.620. The molecule has 2 rings (SSSR count). The Labute approximate surface area is 121 Å². The predicted octanol–water partition coefficient (Wildman–Crippen LogP) is 1.53. The molecule has 2 fully saturated rings. The molecule has 2 unspecified atom stereocenters. The number of carboxylic acids is 1. The van der Waals surface area contributed by atoms with E-state index < -0.39 is 15.8 Å². The number of piperidine rings is 1. The molecular weight excluding hydrogens is 278 g/mol. The van der Waals surface area contributed by atoms with Crippen molar-refractivity contribution in [1.82, 2.24) is 4.90 Å². The lowest BCUT2D eigenvalue weighted by Gasteiger charge is -2.38. The average molecular weight is 303 g/mol. The molecule has 0 bridgehead atoms. The number of hydrogen-bond acceptors (Lipinski definition) is 4. The maximum atomic E-state index is 11.8. The number of nitrogens with zero attached hydrogens (tertiary/aromatic N) is 1. The molecule has 0 amide bonds. The van der Waals surface area contributed by atoms with Gasteiger partial charge in [-0.1, -0.05) is 6.42 Å². The van der Waals surface area contributed by atoms with Crippen molar-refractivity contribution in [2.75, 3.05) is 19.3 Å². The third-order valence-corrected chi connectivity index (χ3v) is 6.50. The van der Waals surface area contributed by atoms with Gasteiger partial charge in [0.2, 0.25) is 0 Å². The largest absolute Gasteiger partial charge is 0.481 e. The fourth-order valence-corrected chi connectivity index (χ4v) is 5.20. The number of likely N-dealkylation sites (tertiary alicyclic amines) is 1. The molecule has 2 atom stereocenters. The zero-order valence-electron chi connectivity index (χ0n) is 12.1. The van der Waals surface area contributed by atoms with E-state index in [1.807, 2.05) is 0 Å². The van der Waals surface area contributed by atoms with E-state index in [-0.39, 0.29) is 17.7 Å². The number of carboxylic acid groups (broad SMARTS) is 1. The van der Waals surface area contributed by atoms with E-state index in [0.717, 1.165) is 51.6 Å². The molecule has 0 aromatic rings. The van der Waals surface area contributed by atoms with Crippen LogP contribution in [0.2, 0.25) is 0 Å². The molecule has 5 nitrogen and oxygen atoms in total. The van der Waals surface area contributed by atoms with Crippen molar-refractivity contribution in [3.8, 4) is 0 Å². The third-order valence-electron chi connectivity index (χ3n) is 4.85. The number of hydrogen-bond donors (Lipinski definition) is 1. The van der Waals surface area contributed by atoms with Crippen LogP contribution < -0.4 is 0 Å². The second-order valence-electron chi connectivity index (χ2n) is 6.28. The molecule has 2 aliphatic rings. The standard InChI is InChI=1S/C14H25NO4S/c1-20(18,19)13-4-2-3-12(13)15-9-7-11(8-10-15)5-6-14(16)17/h11-13H,2-10H2,1H3,(H,16,17). The van der Waals surface area contributed by atoms with E-state index in [0.29, 0.717) is 5.92 Å². The van der Waals surface area contributed by atoms with Crippen LogP contribution in [0.15, 0.2) is 0 Å². The molecule has 1 heterocycles. The Morgan fingerprint density at radius 1 is 1.20 bits per heavy atom. The highest BCUT2D eigenvalue weighted by Gasteiger charge is 2.39. The predicted molar refractivity (Wildman–Crippen MR) is 77.4 cm³/mol. The van der Waals surface area contributed by atoms with Crippen molar-refractivity contribution in [3.63, 3.8) is 0 Å². The lowest BCUT2D eigenvalue weighted by molar-refractivity contribution is -0.137. The van der Waals surface area contributed by atoms with E-state index in [9.17, 15) is 13.2 Å². The SMILES string of the molecule is CS(=O)(=O)C1CCCC1N1CCC(CCC(=O)O)CC1. The monoisotopic (exact) mass is 303 g/mol. The smallest absolute Gasteiger partial charge is 0.303 e. The van der Waals surface area contributed by atoms with E-state index in [1.54, 1.807) is 0 Å². The molecule has 0 aromatic carbocycles. The van der Waals surface area contributed by atoms with Crippen LogP contribution in [0.3, 0.4) is 0 Å². The van der Waals surface area contributed by atoms with Gasteiger partial charge < -0.3 is 5.11 Å². The molecule has 116 valence electrons. The first-order valence-electron chi connectivity index (χ1n) is 7.52. The summed E-state index contributed by atoms with van der Waals surface area (Å²) in [5.74, 6) is -0.235. The summed E-state index contributed by atoms with van der Waals surface area (Å²) in [5, 5.41) is 8.52. The van der Waals surface area contributed by atoms with Gasteiger partial charge in [0, 0.05) is 18.7 Å². The van der Waals surface area contributed by atoms with Crippen LogP contribution in [-0.2, 0) is 14.6 Å². The first kappa shape index (κ1) is 15.8. The molecule has 0 aromatic heterocycles. The van der Waals surface area contributed by atoms with Crippen molar-refractivity contribution < 1.29 is 18.3 Å². The summed E-state index contributed by atoms with van der Waals surface area (Å²) < 4.78 is 23.7. The van der Waals surface area contributed by atoms with Gasteiger partial charge in [0.1, 0.15) is 0 Å². The van der Waals surface area contributed by atoms with Gasteiger partial charge in [-0.15, -0.1) is 0 Å². The maximum Gasteiger partial charge on any atom is 0.303 e. The molecule has 1 aliphatic carbocycles. The summed E-state index contributed by atoms with van der Waals surface area (Å²) in [6.07, 6.45) is 7.14. The van der Waals surface area contributed by atoms with Crippen LogP contribution >= 0.6 is 0 Å². The van der Waals surface area contributed by atoms with Crippen molar-refractivity contribution >= 4 is 15.8 Å². The minimum absolute atomic E-state index is 0.186. The Balaban J connectivity index is 1.86. The molecule has 1 saturated heterocycles. The Morgan fingerprint density at radius 2 is 1.85 bits per heavy atom. The minimum atomic E-state index is -2.96. The zero-order valence-corrected chi connectivity index (χ0v) is 12.9. The van der Waals surface area contributed by atoms with E-state index in [2.05, 4.69) is 4.90 Å². The molecular formula is C14H25NO4S. The van der Waals surface area contributed by atoms with Crippen LogP contribution in [0.25, 0.3) is 0 Å². The van der Waals surface area contributed by atoms with Gasteiger partial charge in [0.15, 0.2) is 9.84 Å². The van der Waals surface area contributed by atoms with Crippen molar-refractivity contribution in [2.24, 2.45) is 5.92 Å². The minimum Gasteiger partial charge on any atom is -0.481 e. The van der Waals surface area contributed by atoms with Gasteiger partial charge in [0.25, 0.3) is 0 Å². The lowest BCUT2D eigenvalue weighted by Crippen LogP contribution is -2.47. The van der Waals surface area contributed by atoms with Crippen LogP contribution in [-0.4, -0.2) is 55.0 Å². The fraction of sp³-hybridized carbons (Fsp3) is 0.929. The lowest BCUT2D eigenvalue weighted by atomic mass is 9.91. The molecule has 0 spiro atoms. The number of aliphatic carboxylic acids is 1. The highest BCUT2D eigenvalue weighted by molar-refractivity contribution is 7.91. The Kier molecular flexibility index (Phi) is 5.07. The number of sulfone groups is 1. The number of rotatable bonds is 5. The molecule has 6 heteroatoms. The first-order valence-corrected chi connectivity index (χ1v) is 9.48.